The number of hydrogen-bond acceptors (Lipinski definition) is 2. The normalized spacial score (nSPS) is 13.7. The van der Waals surface area contributed by atoms with Crippen molar-refractivity contribution in [2.24, 2.45) is 5.14 Å². The molecule has 0 saturated heterocycles. The van der Waals surface area contributed by atoms with Crippen LogP contribution in [0.3, 0.4) is 0 Å². The molecule has 2 N–H and O–H groups in total. The van der Waals surface area contributed by atoms with E-state index in [1.54, 1.807) is 0 Å². The summed E-state index contributed by atoms with van der Waals surface area (Å²) in [5.41, 5.74) is -4.69. The Labute approximate surface area is 104 Å². The Morgan fingerprint density at radius 2 is 1.47 bits per heavy atom. The zero-order valence-electron chi connectivity index (χ0n) is 9.22. The number of halogens is 6. The summed E-state index contributed by atoms with van der Waals surface area (Å²) in [4.78, 5) is -1.38. The van der Waals surface area contributed by atoms with Gasteiger partial charge in [-0.25, -0.2) is 13.6 Å². The van der Waals surface area contributed by atoms with E-state index in [2.05, 4.69) is 5.14 Å². The summed E-state index contributed by atoms with van der Waals surface area (Å²) in [6.07, 6.45) is -10.3. The third kappa shape index (κ3) is 3.18. The SMILES string of the molecule is Cc1c(C(F)(F)F)ccc(S(N)(=O)=O)c1C(F)(F)F. The molecular weight excluding hydrogens is 300 g/mol. The average Bonchev–Trinajstić information content (AvgIpc) is 2.11. The van der Waals surface area contributed by atoms with E-state index >= 15 is 0 Å². The first kappa shape index (κ1) is 15.8. The van der Waals surface area contributed by atoms with Gasteiger partial charge < -0.3 is 0 Å². The van der Waals surface area contributed by atoms with Gasteiger partial charge >= 0.3 is 12.4 Å². The molecule has 0 aromatic heterocycles. The molecule has 0 amide bonds. The Morgan fingerprint density at radius 3 is 1.79 bits per heavy atom. The Morgan fingerprint density at radius 1 is 1.00 bits per heavy atom. The van der Waals surface area contributed by atoms with Crippen molar-refractivity contribution >= 4 is 10.0 Å². The van der Waals surface area contributed by atoms with Crippen LogP contribution in [0.2, 0.25) is 0 Å². The van der Waals surface area contributed by atoms with E-state index in [9.17, 15) is 34.8 Å². The maximum atomic E-state index is 12.7. The standard InChI is InChI=1S/C9H7F6NO2S/c1-4-5(8(10,11)12)2-3-6(19(16,17)18)7(4)9(13,14)15/h2-3H,1H3,(H2,16,17,18). The summed E-state index contributed by atoms with van der Waals surface area (Å²) in [5, 5.41) is 4.57. The summed E-state index contributed by atoms with van der Waals surface area (Å²) in [6.45, 7) is 0.542. The van der Waals surface area contributed by atoms with Crippen LogP contribution in [0.4, 0.5) is 26.3 Å². The minimum atomic E-state index is -5.27. The zero-order chi connectivity index (χ0) is 15.2. The fraction of sp³-hybridized carbons (Fsp3) is 0.333. The lowest BCUT2D eigenvalue weighted by atomic mass is 10.0. The molecule has 3 nitrogen and oxygen atoms in total. The number of sulfonamides is 1. The van der Waals surface area contributed by atoms with Gasteiger partial charge in [-0.3, -0.25) is 0 Å². The molecule has 1 aromatic rings. The molecule has 1 aromatic carbocycles. The van der Waals surface area contributed by atoms with Gasteiger partial charge in [0.05, 0.1) is 16.0 Å². The fourth-order valence-corrected chi connectivity index (χ4v) is 2.39. The van der Waals surface area contributed by atoms with E-state index in [1.165, 1.54) is 0 Å². The molecule has 0 spiro atoms. The highest BCUT2D eigenvalue weighted by Crippen LogP contribution is 2.41. The van der Waals surface area contributed by atoms with Crippen LogP contribution in [0.15, 0.2) is 17.0 Å². The number of nitrogens with two attached hydrogens (primary N) is 1. The molecule has 0 radical (unpaired) electrons. The monoisotopic (exact) mass is 307 g/mol. The lowest BCUT2D eigenvalue weighted by molar-refractivity contribution is -0.145. The molecule has 19 heavy (non-hydrogen) atoms. The van der Waals surface area contributed by atoms with Gasteiger partial charge in [0.1, 0.15) is 0 Å². The number of rotatable bonds is 1. The summed E-state index contributed by atoms with van der Waals surface area (Å²) < 4.78 is 97.7. The Kier molecular flexibility index (Phi) is 3.63. The second kappa shape index (κ2) is 4.37. The maximum Gasteiger partial charge on any atom is 0.417 e. The van der Waals surface area contributed by atoms with Crippen molar-refractivity contribution in [2.75, 3.05) is 0 Å². The number of primary sulfonamides is 1. The van der Waals surface area contributed by atoms with Crippen molar-refractivity contribution in [1.29, 1.82) is 0 Å². The van der Waals surface area contributed by atoms with E-state index < -0.39 is 44.0 Å². The molecule has 0 saturated carbocycles. The third-order valence-electron chi connectivity index (χ3n) is 2.32. The first-order chi connectivity index (χ1) is 8.26. The molecular formula is C9H7F6NO2S. The van der Waals surface area contributed by atoms with Crippen LogP contribution < -0.4 is 5.14 Å². The predicted molar refractivity (Wildman–Crippen MR) is 52.6 cm³/mol. The van der Waals surface area contributed by atoms with Crippen LogP contribution in [0, 0.1) is 6.92 Å². The lowest BCUT2D eigenvalue weighted by Crippen LogP contribution is -2.22. The van der Waals surface area contributed by atoms with Crippen molar-refractivity contribution in [3.8, 4) is 0 Å². The van der Waals surface area contributed by atoms with Gasteiger partial charge in [-0.2, -0.15) is 26.3 Å². The second-order valence-corrected chi connectivity index (χ2v) is 5.18. The summed E-state index contributed by atoms with van der Waals surface area (Å²) in [6, 6.07) is 0.457. The Hall–Kier alpha value is -1.29. The average molecular weight is 307 g/mol. The highest BCUT2D eigenvalue weighted by Gasteiger charge is 2.42. The first-order valence-corrected chi connectivity index (χ1v) is 6.11. The van der Waals surface area contributed by atoms with Crippen molar-refractivity contribution in [1.82, 2.24) is 0 Å². The summed E-state index contributed by atoms with van der Waals surface area (Å²) in [5.74, 6) is 0. The number of hydrogen-bond donors (Lipinski definition) is 1. The van der Waals surface area contributed by atoms with Crippen LogP contribution in [0.5, 0.6) is 0 Å². The fourth-order valence-electron chi connectivity index (χ4n) is 1.58. The van der Waals surface area contributed by atoms with Crippen molar-refractivity contribution in [3.05, 3.63) is 28.8 Å². The summed E-state index contributed by atoms with van der Waals surface area (Å²) in [7, 11) is -4.79. The van der Waals surface area contributed by atoms with Gasteiger partial charge in [0, 0.05) is 0 Å². The predicted octanol–water partition coefficient (Wildman–Crippen LogP) is 2.68. The molecule has 0 bridgehead atoms. The lowest BCUT2D eigenvalue weighted by Gasteiger charge is -2.18. The van der Waals surface area contributed by atoms with E-state index in [0.717, 1.165) is 0 Å². The van der Waals surface area contributed by atoms with E-state index in [4.69, 9.17) is 0 Å². The molecule has 0 fully saturated rings. The van der Waals surface area contributed by atoms with Gasteiger partial charge in [-0.1, -0.05) is 0 Å². The number of alkyl halides is 6. The Balaban J connectivity index is 3.81. The molecule has 0 heterocycles. The highest BCUT2D eigenvalue weighted by atomic mass is 32.2. The minimum absolute atomic E-state index is 0.202. The van der Waals surface area contributed by atoms with Gasteiger partial charge in [0.25, 0.3) is 0 Å². The second-order valence-electron chi connectivity index (χ2n) is 3.65. The van der Waals surface area contributed by atoms with E-state index in [1.807, 2.05) is 0 Å². The molecule has 0 aliphatic heterocycles. The number of benzene rings is 1. The van der Waals surface area contributed by atoms with Crippen LogP contribution in [0.1, 0.15) is 16.7 Å². The van der Waals surface area contributed by atoms with Crippen LogP contribution in [0.25, 0.3) is 0 Å². The van der Waals surface area contributed by atoms with Gasteiger partial charge in [-0.05, 0) is 24.6 Å². The van der Waals surface area contributed by atoms with Gasteiger partial charge in [-0.15, -0.1) is 0 Å². The largest absolute Gasteiger partial charge is 0.417 e. The van der Waals surface area contributed by atoms with Crippen molar-refractivity contribution < 1.29 is 34.8 Å². The molecule has 0 aliphatic carbocycles. The third-order valence-corrected chi connectivity index (χ3v) is 3.28. The highest BCUT2D eigenvalue weighted by molar-refractivity contribution is 7.89. The first-order valence-electron chi connectivity index (χ1n) is 4.57. The Bertz CT molecular complexity index is 602. The van der Waals surface area contributed by atoms with E-state index in [0.29, 0.717) is 6.92 Å². The van der Waals surface area contributed by atoms with Gasteiger partial charge in [0.2, 0.25) is 10.0 Å². The molecule has 0 atom stereocenters. The van der Waals surface area contributed by atoms with Gasteiger partial charge in [0.15, 0.2) is 0 Å². The van der Waals surface area contributed by atoms with Crippen LogP contribution in [-0.4, -0.2) is 8.42 Å². The molecule has 0 aliphatic rings. The van der Waals surface area contributed by atoms with Crippen LogP contribution >= 0.6 is 0 Å². The quantitative estimate of drug-likeness (QED) is 0.811. The topological polar surface area (TPSA) is 60.2 Å². The summed E-state index contributed by atoms with van der Waals surface area (Å²) >= 11 is 0. The molecule has 1 rings (SSSR count). The molecule has 108 valence electrons. The van der Waals surface area contributed by atoms with Crippen LogP contribution in [-0.2, 0) is 22.4 Å². The van der Waals surface area contributed by atoms with Crippen molar-refractivity contribution in [3.63, 3.8) is 0 Å². The molecule has 0 unspecified atom stereocenters. The maximum absolute atomic E-state index is 12.7. The zero-order valence-corrected chi connectivity index (χ0v) is 10.0. The van der Waals surface area contributed by atoms with Crippen molar-refractivity contribution in [2.45, 2.75) is 24.2 Å². The molecule has 10 heteroatoms. The van der Waals surface area contributed by atoms with E-state index in [-0.39, 0.29) is 12.1 Å². The minimum Gasteiger partial charge on any atom is -0.225 e. The smallest absolute Gasteiger partial charge is 0.225 e.